The largest absolute Gasteiger partial charge is 0.497 e. The molecule has 8 heteroatoms. The van der Waals surface area contributed by atoms with E-state index in [4.69, 9.17) is 4.74 Å². The van der Waals surface area contributed by atoms with Crippen LogP contribution in [0.25, 0.3) is 0 Å². The molecule has 2 amide bonds. The molecule has 3 rings (SSSR count). The van der Waals surface area contributed by atoms with Crippen molar-refractivity contribution in [3.63, 3.8) is 0 Å². The number of carbonyl (C=O) groups excluding carboxylic acids is 2. The van der Waals surface area contributed by atoms with Crippen LogP contribution in [0.15, 0.2) is 54.6 Å². The number of hydrogen-bond acceptors (Lipinski definition) is 6. The number of aromatic nitrogens is 2. The second-order valence-corrected chi connectivity index (χ2v) is 7.73. The van der Waals surface area contributed by atoms with Gasteiger partial charge in [-0.3, -0.25) is 9.59 Å². The molecular weight excluding hydrogens is 400 g/mol. The van der Waals surface area contributed by atoms with Crippen LogP contribution in [0.1, 0.15) is 46.7 Å². The lowest BCUT2D eigenvalue weighted by Crippen LogP contribution is -2.31. The molecule has 156 valence electrons. The van der Waals surface area contributed by atoms with Crippen LogP contribution >= 0.6 is 11.3 Å². The molecule has 7 nitrogen and oxygen atoms in total. The molecule has 0 saturated carbocycles. The van der Waals surface area contributed by atoms with Crippen molar-refractivity contribution >= 4 is 28.3 Å². The van der Waals surface area contributed by atoms with Crippen LogP contribution in [0.3, 0.4) is 0 Å². The molecule has 1 unspecified atom stereocenters. The standard InChI is InChI=1S/C22H24N4O3S/c1-3-8-20-25-26-22(30-20)24-19(27)14-18(16-11-7-12-17(13-16)29-2)23-21(28)15-9-5-4-6-10-15/h4-7,9-13,18H,3,8,14H2,1-2H3,(H,23,28)(H,24,26,27). The summed E-state index contributed by atoms with van der Waals surface area (Å²) in [4.78, 5) is 25.4. The minimum Gasteiger partial charge on any atom is -0.497 e. The predicted octanol–water partition coefficient (Wildman–Crippen LogP) is 4.00. The molecule has 2 aromatic carbocycles. The van der Waals surface area contributed by atoms with Gasteiger partial charge in [0.2, 0.25) is 11.0 Å². The number of rotatable bonds is 9. The highest BCUT2D eigenvalue weighted by molar-refractivity contribution is 7.15. The Morgan fingerprint density at radius 1 is 1.10 bits per heavy atom. The highest BCUT2D eigenvalue weighted by Gasteiger charge is 2.21. The Morgan fingerprint density at radius 2 is 1.90 bits per heavy atom. The Balaban J connectivity index is 1.75. The van der Waals surface area contributed by atoms with Crippen LogP contribution in [0.4, 0.5) is 5.13 Å². The molecule has 0 radical (unpaired) electrons. The van der Waals surface area contributed by atoms with E-state index in [1.165, 1.54) is 11.3 Å². The smallest absolute Gasteiger partial charge is 0.251 e. The molecule has 1 heterocycles. The monoisotopic (exact) mass is 424 g/mol. The SMILES string of the molecule is CCCc1nnc(NC(=O)CC(NC(=O)c2ccccc2)c2cccc(OC)c2)s1. The van der Waals surface area contributed by atoms with Crippen molar-refractivity contribution in [2.75, 3.05) is 12.4 Å². The lowest BCUT2D eigenvalue weighted by molar-refractivity contribution is -0.116. The second-order valence-electron chi connectivity index (χ2n) is 6.67. The number of nitrogens with one attached hydrogen (secondary N) is 2. The molecule has 0 saturated heterocycles. The van der Waals surface area contributed by atoms with Gasteiger partial charge in [-0.1, -0.05) is 48.6 Å². The average Bonchev–Trinajstić information content (AvgIpc) is 3.20. The fourth-order valence-corrected chi connectivity index (χ4v) is 3.77. The molecule has 0 aliphatic rings. The van der Waals surface area contributed by atoms with E-state index in [1.807, 2.05) is 30.3 Å². The van der Waals surface area contributed by atoms with E-state index in [2.05, 4.69) is 27.8 Å². The van der Waals surface area contributed by atoms with Gasteiger partial charge in [0, 0.05) is 12.0 Å². The normalized spacial score (nSPS) is 11.5. The maximum Gasteiger partial charge on any atom is 0.251 e. The van der Waals surface area contributed by atoms with Crippen molar-refractivity contribution < 1.29 is 14.3 Å². The summed E-state index contributed by atoms with van der Waals surface area (Å²) in [6.07, 6.45) is 1.84. The first-order chi connectivity index (χ1) is 14.6. The molecule has 0 aliphatic carbocycles. The van der Waals surface area contributed by atoms with Crippen molar-refractivity contribution in [1.82, 2.24) is 15.5 Å². The lowest BCUT2D eigenvalue weighted by atomic mass is 10.0. The highest BCUT2D eigenvalue weighted by atomic mass is 32.1. The summed E-state index contributed by atoms with van der Waals surface area (Å²) in [6.45, 7) is 2.06. The molecule has 0 spiro atoms. The van der Waals surface area contributed by atoms with Gasteiger partial charge >= 0.3 is 0 Å². The molecule has 0 fully saturated rings. The van der Waals surface area contributed by atoms with Crippen LogP contribution in [0, 0.1) is 0 Å². The number of anilines is 1. The summed E-state index contributed by atoms with van der Waals surface area (Å²) < 4.78 is 5.29. The average molecular weight is 425 g/mol. The van der Waals surface area contributed by atoms with E-state index >= 15 is 0 Å². The van der Waals surface area contributed by atoms with Gasteiger partial charge in [-0.25, -0.2) is 0 Å². The number of methoxy groups -OCH3 is 1. The maximum atomic E-state index is 12.7. The molecule has 30 heavy (non-hydrogen) atoms. The summed E-state index contributed by atoms with van der Waals surface area (Å²) in [5.41, 5.74) is 1.30. The summed E-state index contributed by atoms with van der Waals surface area (Å²) in [5, 5.41) is 15.2. The van der Waals surface area contributed by atoms with Gasteiger partial charge in [-0.15, -0.1) is 10.2 Å². The van der Waals surface area contributed by atoms with Gasteiger partial charge in [0.25, 0.3) is 5.91 Å². The van der Waals surface area contributed by atoms with E-state index in [-0.39, 0.29) is 18.2 Å². The van der Waals surface area contributed by atoms with Gasteiger partial charge in [-0.2, -0.15) is 0 Å². The van der Waals surface area contributed by atoms with Gasteiger partial charge < -0.3 is 15.4 Å². The minimum atomic E-state index is -0.532. The van der Waals surface area contributed by atoms with E-state index in [1.54, 1.807) is 31.4 Å². The molecule has 2 N–H and O–H groups in total. The Bertz CT molecular complexity index is 991. The number of aryl methyl sites for hydroxylation is 1. The molecule has 3 aromatic rings. The number of nitrogens with zero attached hydrogens (tertiary/aromatic N) is 2. The van der Waals surface area contributed by atoms with Gasteiger partial charge in [0.05, 0.1) is 19.6 Å². The molecule has 1 atom stereocenters. The summed E-state index contributed by atoms with van der Waals surface area (Å²) in [6, 6.07) is 15.7. The summed E-state index contributed by atoms with van der Waals surface area (Å²) in [7, 11) is 1.58. The van der Waals surface area contributed by atoms with Crippen LogP contribution in [-0.4, -0.2) is 29.1 Å². The van der Waals surface area contributed by atoms with Crippen LogP contribution in [0.2, 0.25) is 0 Å². The molecule has 0 bridgehead atoms. The molecule has 1 aromatic heterocycles. The maximum absolute atomic E-state index is 12.7. The number of carbonyl (C=O) groups is 2. The van der Waals surface area contributed by atoms with Gasteiger partial charge in [0.1, 0.15) is 10.8 Å². The van der Waals surface area contributed by atoms with Crippen molar-refractivity contribution in [1.29, 1.82) is 0 Å². The molecule has 0 aliphatic heterocycles. The highest BCUT2D eigenvalue weighted by Crippen LogP contribution is 2.24. The van der Waals surface area contributed by atoms with Crippen molar-refractivity contribution in [3.05, 3.63) is 70.7 Å². The van der Waals surface area contributed by atoms with Crippen LogP contribution < -0.4 is 15.4 Å². The van der Waals surface area contributed by atoms with E-state index in [9.17, 15) is 9.59 Å². The van der Waals surface area contributed by atoms with Crippen molar-refractivity contribution in [3.8, 4) is 5.75 Å². The Kier molecular flexibility index (Phi) is 7.51. The lowest BCUT2D eigenvalue weighted by Gasteiger charge is -2.19. The Labute approximate surface area is 179 Å². The number of ether oxygens (including phenoxy) is 1. The predicted molar refractivity (Wildman–Crippen MR) is 117 cm³/mol. The van der Waals surface area contributed by atoms with Crippen molar-refractivity contribution in [2.24, 2.45) is 0 Å². The van der Waals surface area contributed by atoms with Crippen molar-refractivity contribution in [2.45, 2.75) is 32.2 Å². The minimum absolute atomic E-state index is 0.0500. The third-order valence-corrected chi connectivity index (χ3v) is 5.30. The third-order valence-electron chi connectivity index (χ3n) is 4.40. The first kappa shape index (κ1) is 21.4. The first-order valence-electron chi connectivity index (χ1n) is 9.71. The first-order valence-corrected chi connectivity index (χ1v) is 10.5. The zero-order valence-corrected chi connectivity index (χ0v) is 17.7. The second kappa shape index (κ2) is 10.5. The number of benzene rings is 2. The Morgan fingerprint density at radius 3 is 2.63 bits per heavy atom. The molecular formula is C22H24N4O3S. The van der Waals surface area contributed by atoms with E-state index in [0.717, 1.165) is 23.4 Å². The number of amides is 2. The van der Waals surface area contributed by atoms with E-state index in [0.29, 0.717) is 16.4 Å². The van der Waals surface area contributed by atoms with Crippen LogP contribution in [0.5, 0.6) is 5.75 Å². The zero-order chi connectivity index (χ0) is 21.3. The van der Waals surface area contributed by atoms with Crippen LogP contribution in [-0.2, 0) is 11.2 Å². The van der Waals surface area contributed by atoms with Gasteiger partial charge in [0.15, 0.2) is 0 Å². The topological polar surface area (TPSA) is 93.2 Å². The summed E-state index contributed by atoms with van der Waals surface area (Å²) >= 11 is 1.36. The fraction of sp³-hybridized carbons (Fsp3) is 0.273. The number of hydrogen-bond donors (Lipinski definition) is 2. The quantitative estimate of drug-likeness (QED) is 0.542. The Hall–Kier alpha value is -3.26. The van der Waals surface area contributed by atoms with Gasteiger partial charge in [-0.05, 0) is 36.2 Å². The third kappa shape index (κ3) is 5.87. The summed E-state index contributed by atoms with van der Waals surface area (Å²) in [5.74, 6) is 0.146. The fourth-order valence-electron chi connectivity index (χ4n) is 2.92. The zero-order valence-electron chi connectivity index (χ0n) is 16.9. The van der Waals surface area contributed by atoms with E-state index < -0.39 is 6.04 Å².